The summed E-state index contributed by atoms with van der Waals surface area (Å²) in [6.07, 6.45) is 9.22. The van der Waals surface area contributed by atoms with Crippen LogP contribution in [0.3, 0.4) is 0 Å². The predicted molar refractivity (Wildman–Crippen MR) is 142 cm³/mol. The smallest absolute Gasteiger partial charge is 0.128 e. The van der Waals surface area contributed by atoms with Crippen molar-refractivity contribution in [3.8, 4) is 17.3 Å². The Morgan fingerprint density at radius 1 is 1.25 bits per heavy atom. The standard InChI is InChI=1S/C25H33N11/c1-18(2)6-7-36(28)34-10-8-33(9-11-34)23-5-4-19(15-30-23)24-25-21(13-27)16-31-35(25)17-22(32-24)20(12-26)14-29-3/h4-5,12,14-18H,6-11,26,28H2,1-3H3. The average molecular weight is 488 g/mol. The molecule has 1 saturated heterocycles. The van der Waals surface area contributed by atoms with Crippen LogP contribution in [0.2, 0.25) is 0 Å². The maximum atomic E-state index is 9.62. The number of allylic oxidation sites excluding steroid dienone is 1. The van der Waals surface area contributed by atoms with Gasteiger partial charge in [-0.25, -0.2) is 19.5 Å². The summed E-state index contributed by atoms with van der Waals surface area (Å²) in [4.78, 5) is 15.9. The highest BCUT2D eigenvalue weighted by molar-refractivity contribution is 6.09. The summed E-state index contributed by atoms with van der Waals surface area (Å²) in [6.45, 7) is 8.63. The van der Waals surface area contributed by atoms with Crippen molar-refractivity contribution in [3.63, 3.8) is 0 Å². The lowest BCUT2D eigenvalue weighted by Crippen LogP contribution is -2.56. The summed E-state index contributed by atoms with van der Waals surface area (Å²) >= 11 is 0. The third-order valence-corrected chi connectivity index (χ3v) is 6.26. The van der Waals surface area contributed by atoms with Crippen molar-refractivity contribution in [3.05, 3.63) is 48.2 Å². The fourth-order valence-electron chi connectivity index (χ4n) is 4.20. The number of rotatable bonds is 8. The van der Waals surface area contributed by atoms with Gasteiger partial charge < -0.3 is 10.6 Å². The number of nitrogens with two attached hydrogens (primary N) is 2. The number of hydrogen-bond acceptors (Lipinski definition) is 10. The zero-order chi connectivity index (χ0) is 25.7. The van der Waals surface area contributed by atoms with Crippen LogP contribution in [0.4, 0.5) is 5.82 Å². The van der Waals surface area contributed by atoms with Gasteiger partial charge in [0, 0.05) is 69.5 Å². The van der Waals surface area contributed by atoms with E-state index in [1.54, 1.807) is 30.2 Å². The Hall–Kier alpha value is -3.85. The zero-order valence-corrected chi connectivity index (χ0v) is 21.0. The van der Waals surface area contributed by atoms with Crippen molar-refractivity contribution in [2.45, 2.75) is 20.3 Å². The molecule has 188 valence electrons. The highest BCUT2D eigenvalue weighted by Crippen LogP contribution is 2.28. The molecule has 3 aromatic heterocycles. The molecule has 0 aromatic carbocycles. The van der Waals surface area contributed by atoms with Crippen LogP contribution in [0.15, 0.2) is 41.9 Å². The van der Waals surface area contributed by atoms with Crippen LogP contribution in [-0.2, 0) is 0 Å². The second-order valence-electron chi connectivity index (χ2n) is 9.14. The molecule has 4 heterocycles. The van der Waals surface area contributed by atoms with E-state index in [0.717, 1.165) is 50.5 Å². The number of anilines is 1. The number of aromatic nitrogens is 4. The Labute approximate surface area is 211 Å². The van der Waals surface area contributed by atoms with E-state index in [1.807, 2.05) is 17.3 Å². The lowest BCUT2D eigenvalue weighted by Gasteiger charge is -2.39. The van der Waals surface area contributed by atoms with Gasteiger partial charge in [-0.2, -0.15) is 15.5 Å². The zero-order valence-electron chi connectivity index (χ0n) is 21.0. The fraction of sp³-hybridized carbons (Fsp3) is 0.400. The van der Waals surface area contributed by atoms with E-state index in [4.69, 9.17) is 21.5 Å². The lowest BCUT2D eigenvalue weighted by molar-refractivity contribution is -0.0340. The van der Waals surface area contributed by atoms with Crippen molar-refractivity contribution in [1.82, 2.24) is 29.7 Å². The number of hydrazine groups is 2. The molecule has 0 saturated carbocycles. The molecule has 0 spiro atoms. The molecule has 0 unspecified atom stereocenters. The molecule has 0 bridgehead atoms. The van der Waals surface area contributed by atoms with Crippen LogP contribution < -0.4 is 16.5 Å². The van der Waals surface area contributed by atoms with Gasteiger partial charge in [0.05, 0.1) is 23.8 Å². The topological polar surface area (TPSA) is 141 Å². The van der Waals surface area contributed by atoms with E-state index in [-0.39, 0.29) is 0 Å². The minimum absolute atomic E-state index is 0.440. The van der Waals surface area contributed by atoms with Crippen molar-refractivity contribution in [2.75, 3.05) is 44.7 Å². The van der Waals surface area contributed by atoms with Crippen LogP contribution in [-0.4, -0.2) is 75.7 Å². The molecule has 0 atom stereocenters. The summed E-state index contributed by atoms with van der Waals surface area (Å²) in [6, 6.07) is 6.17. The van der Waals surface area contributed by atoms with E-state index in [1.165, 1.54) is 12.4 Å². The van der Waals surface area contributed by atoms with Gasteiger partial charge in [0.2, 0.25) is 0 Å². The molecule has 4 N–H and O–H groups in total. The molecule has 1 aliphatic heterocycles. The number of hydrogen-bond donors (Lipinski definition) is 2. The van der Waals surface area contributed by atoms with Crippen molar-refractivity contribution < 1.29 is 0 Å². The monoisotopic (exact) mass is 487 g/mol. The Morgan fingerprint density at radius 2 is 2.03 bits per heavy atom. The van der Waals surface area contributed by atoms with Gasteiger partial charge in [0.15, 0.2) is 0 Å². The molecule has 0 amide bonds. The summed E-state index contributed by atoms with van der Waals surface area (Å²) < 4.78 is 1.65. The van der Waals surface area contributed by atoms with Crippen molar-refractivity contribution in [2.24, 2.45) is 22.5 Å². The molecule has 11 nitrogen and oxygen atoms in total. The summed E-state index contributed by atoms with van der Waals surface area (Å²) in [7, 11) is 1.67. The second kappa shape index (κ2) is 11.3. The highest BCUT2D eigenvalue weighted by atomic mass is 15.8. The number of aliphatic imine (C=N–C) groups is 1. The van der Waals surface area contributed by atoms with Gasteiger partial charge in [-0.15, -0.1) is 0 Å². The molecule has 1 fully saturated rings. The summed E-state index contributed by atoms with van der Waals surface area (Å²) in [5.41, 5.74) is 9.52. The number of piperazine rings is 1. The molecule has 3 aromatic rings. The molecule has 36 heavy (non-hydrogen) atoms. The van der Waals surface area contributed by atoms with Crippen LogP contribution in [0, 0.1) is 17.2 Å². The van der Waals surface area contributed by atoms with Gasteiger partial charge in [0.1, 0.15) is 23.0 Å². The van der Waals surface area contributed by atoms with E-state index >= 15 is 0 Å². The quantitative estimate of drug-likeness (QED) is 0.277. The van der Waals surface area contributed by atoms with Gasteiger partial charge >= 0.3 is 0 Å². The molecule has 0 aliphatic carbocycles. The maximum Gasteiger partial charge on any atom is 0.128 e. The Kier molecular flexibility index (Phi) is 7.90. The number of pyridine rings is 1. The Morgan fingerprint density at radius 3 is 2.64 bits per heavy atom. The largest absolute Gasteiger partial charge is 0.404 e. The van der Waals surface area contributed by atoms with E-state index in [9.17, 15) is 5.26 Å². The van der Waals surface area contributed by atoms with E-state index < -0.39 is 0 Å². The lowest BCUT2D eigenvalue weighted by atomic mass is 10.1. The van der Waals surface area contributed by atoms with E-state index in [2.05, 4.69) is 39.9 Å². The van der Waals surface area contributed by atoms with Gasteiger partial charge in [-0.1, -0.05) is 13.8 Å². The fourth-order valence-corrected chi connectivity index (χ4v) is 4.20. The molecular formula is C25H33N11. The molecular weight excluding hydrogens is 454 g/mol. The van der Waals surface area contributed by atoms with E-state index in [0.29, 0.717) is 34.0 Å². The minimum atomic E-state index is 0.440. The SMILES string of the molecule is CN=CC(=CN)c1cn2ncc(C#N)c2c(-c2ccc(N3CCN(N(N)CCC(C)C)CC3)nc2)n1. The first-order valence-electron chi connectivity index (χ1n) is 12.1. The summed E-state index contributed by atoms with van der Waals surface area (Å²) in [5.74, 6) is 7.78. The van der Waals surface area contributed by atoms with Crippen LogP contribution in [0.1, 0.15) is 31.5 Å². The van der Waals surface area contributed by atoms with Crippen LogP contribution in [0.5, 0.6) is 0 Å². The molecule has 1 aliphatic rings. The van der Waals surface area contributed by atoms with Crippen molar-refractivity contribution in [1.29, 1.82) is 5.26 Å². The first-order valence-corrected chi connectivity index (χ1v) is 12.1. The number of fused-ring (bicyclic) bond motifs is 1. The first kappa shape index (κ1) is 25.2. The second-order valence-corrected chi connectivity index (χ2v) is 9.14. The third kappa shape index (κ3) is 5.36. The van der Waals surface area contributed by atoms with Gasteiger partial charge in [-0.3, -0.25) is 10.8 Å². The maximum absolute atomic E-state index is 9.62. The molecule has 4 rings (SSSR count). The van der Waals surface area contributed by atoms with Crippen LogP contribution in [0.25, 0.3) is 22.3 Å². The predicted octanol–water partition coefficient (Wildman–Crippen LogP) is 1.92. The normalized spacial score (nSPS) is 15.5. The number of nitrogens with zero attached hydrogens (tertiary/aromatic N) is 9. The third-order valence-electron chi connectivity index (χ3n) is 6.26. The van der Waals surface area contributed by atoms with Crippen LogP contribution >= 0.6 is 0 Å². The Bertz CT molecular complexity index is 1280. The Balaban J connectivity index is 1.57. The molecule has 0 radical (unpaired) electrons. The minimum Gasteiger partial charge on any atom is -0.404 e. The van der Waals surface area contributed by atoms with Gasteiger partial charge in [0.25, 0.3) is 0 Å². The number of nitriles is 1. The first-order chi connectivity index (χ1) is 17.4. The highest BCUT2D eigenvalue weighted by Gasteiger charge is 2.22. The molecule has 11 heteroatoms. The average Bonchev–Trinajstić information content (AvgIpc) is 3.33. The van der Waals surface area contributed by atoms with Gasteiger partial charge in [-0.05, 0) is 24.5 Å². The summed E-state index contributed by atoms with van der Waals surface area (Å²) in [5, 5.41) is 18.0. The van der Waals surface area contributed by atoms with Crippen molar-refractivity contribution >= 4 is 23.1 Å².